The van der Waals surface area contributed by atoms with Crippen LogP contribution < -0.4 is 20.3 Å². The first-order valence-corrected chi connectivity index (χ1v) is 11.3. The Morgan fingerprint density at radius 3 is 2.88 bits per heavy atom. The summed E-state index contributed by atoms with van der Waals surface area (Å²) in [5, 5.41) is 15.7. The average molecular weight is 445 g/mol. The van der Waals surface area contributed by atoms with Crippen LogP contribution in [0.3, 0.4) is 0 Å². The summed E-state index contributed by atoms with van der Waals surface area (Å²) >= 11 is 0. The number of fused-ring (bicyclic) bond motifs is 2. The van der Waals surface area contributed by atoms with Gasteiger partial charge in [0.2, 0.25) is 0 Å². The molecule has 0 spiro atoms. The number of aromatic nitrogens is 1. The van der Waals surface area contributed by atoms with Crippen LogP contribution in [0.25, 0.3) is 0 Å². The van der Waals surface area contributed by atoms with Gasteiger partial charge in [0.1, 0.15) is 11.9 Å². The molecule has 2 atom stereocenters. The molecule has 1 aromatic heterocycles. The maximum absolute atomic E-state index is 12.5. The minimum atomic E-state index is -0.415. The van der Waals surface area contributed by atoms with E-state index in [0.29, 0.717) is 41.9 Å². The lowest BCUT2D eigenvalue weighted by molar-refractivity contribution is -0.118. The minimum Gasteiger partial charge on any atom is -0.480 e. The Labute approximate surface area is 190 Å². The fraction of sp³-hybridized carbons (Fsp3) is 0.417. The Morgan fingerprint density at radius 2 is 2.03 bits per heavy atom. The molecule has 2 aromatic rings. The van der Waals surface area contributed by atoms with E-state index in [9.17, 15) is 14.9 Å². The van der Waals surface area contributed by atoms with E-state index in [1.807, 2.05) is 12.1 Å². The smallest absolute Gasteiger partial charge is 0.415 e. The summed E-state index contributed by atoms with van der Waals surface area (Å²) < 4.78 is 11.0. The van der Waals surface area contributed by atoms with Crippen molar-refractivity contribution in [1.29, 1.82) is 5.26 Å². The molecule has 9 nitrogen and oxygen atoms in total. The molecule has 1 saturated heterocycles. The van der Waals surface area contributed by atoms with Crippen LogP contribution in [0.5, 0.6) is 5.75 Å². The fourth-order valence-electron chi connectivity index (χ4n) is 5.33. The average Bonchev–Trinajstić information content (AvgIpc) is 3.38. The van der Waals surface area contributed by atoms with Crippen molar-refractivity contribution in [2.45, 2.75) is 43.9 Å². The normalized spacial score (nSPS) is 27.5. The van der Waals surface area contributed by atoms with E-state index >= 15 is 0 Å². The molecule has 0 radical (unpaired) electrons. The van der Waals surface area contributed by atoms with Gasteiger partial charge in [0.15, 0.2) is 18.2 Å². The van der Waals surface area contributed by atoms with Crippen molar-refractivity contribution >= 4 is 23.6 Å². The fourth-order valence-corrected chi connectivity index (χ4v) is 5.33. The van der Waals surface area contributed by atoms with Crippen molar-refractivity contribution in [2.75, 3.05) is 23.4 Å². The van der Waals surface area contributed by atoms with Crippen LogP contribution in [0.1, 0.15) is 29.5 Å². The Morgan fingerprint density at radius 1 is 1.15 bits per heavy atom. The number of carbonyl (C=O) groups is 2. The first kappa shape index (κ1) is 20.0. The second-order valence-electron chi connectivity index (χ2n) is 9.14. The van der Waals surface area contributed by atoms with E-state index in [4.69, 9.17) is 9.47 Å². The van der Waals surface area contributed by atoms with Crippen molar-refractivity contribution < 1.29 is 19.1 Å². The van der Waals surface area contributed by atoms with Crippen molar-refractivity contribution in [3.05, 3.63) is 47.0 Å². The molecule has 9 heteroatoms. The number of pyridine rings is 1. The number of nitrogens with one attached hydrogen (secondary N) is 2. The van der Waals surface area contributed by atoms with Crippen molar-refractivity contribution in [2.24, 2.45) is 5.92 Å². The predicted molar refractivity (Wildman–Crippen MR) is 118 cm³/mol. The maximum atomic E-state index is 12.5. The largest absolute Gasteiger partial charge is 0.480 e. The van der Waals surface area contributed by atoms with E-state index in [1.165, 1.54) is 16.0 Å². The summed E-state index contributed by atoms with van der Waals surface area (Å²) in [4.78, 5) is 30.0. The van der Waals surface area contributed by atoms with E-state index in [0.717, 1.165) is 31.2 Å². The van der Waals surface area contributed by atoms with Crippen molar-refractivity contribution in [1.82, 2.24) is 10.3 Å². The lowest BCUT2D eigenvalue weighted by atomic mass is 9.76. The number of anilines is 2. The van der Waals surface area contributed by atoms with E-state index < -0.39 is 6.09 Å². The molecule has 2 N–H and O–H groups in total. The molecule has 3 heterocycles. The van der Waals surface area contributed by atoms with Crippen LogP contribution in [0.15, 0.2) is 30.3 Å². The minimum absolute atomic E-state index is 0.0365. The van der Waals surface area contributed by atoms with Gasteiger partial charge in [-0.15, -0.1) is 0 Å². The summed E-state index contributed by atoms with van der Waals surface area (Å²) in [6, 6.07) is 12.4. The maximum Gasteiger partial charge on any atom is 0.415 e. The third-order valence-corrected chi connectivity index (χ3v) is 7.05. The molecule has 168 valence electrons. The number of nitriles is 1. The lowest BCUT2D eigenvalue weighted by Gasteiger charge is -2.39. The van der Waals surface area contributed by atoms with Crippen LogP contribution in [-0.4, -0.2) is 48.3 Å². The highest BCUT2D eigenvalue weighted by Crippen LogP contribution is 2.38. The molecule has 2 aliphatic carbocycles. The summed E-state index contributed by atoms with van der Waals surface area (Å²) in [5.41, 5.74) is 3.22. The molecule has 33 heavy (non-hydrogen) atoms. The first-order chi connectivity index (χ1) is 16.1. The molecule has 2 unspecified atom stereocenters. The molecule has 6 rings (SSSR count). The second-order valence-corrected chi connectivity index (χ2v) is 9.14. The molecule has 0 bridgehead atoms. The number of amides is 2. The van der Waals surface area contributed by atoms with Gasteiger partial charge in [-0.2, -0.15) is 5.26 Å². The summed E-state index contributed by atoms with van der Waals surface area (Å²) in [5.74, 6) is 1.29. The Balaban J connectivity index is 1.04. The monoisotopic (exact) mass is 445 g/mol. The lowest BCUT2D eigenvalue weighted by Crippen LogP contribution is -2.50. The van der Waals surface area contributed by atoms with Crippen LogP contribution >= 0.6 is 0 Å². The van der Waals surface area contributed by atoms with Gasteiger partial charge >= 0.3 is 6.09 Å². The van der Waals surface area contributed by atoms with Crippen LogP contribution in [0, 0.1) is 17.2 Å². The molecule has 2 fully saturated rings. The number of cyclic esters (lactones) is 1. The molecule has 2 amide bonds. The van der Waals surface area contributed by atoms with E-state index in [1.54, 1.807) is 12.1 Å². The van der Waals surface area contributed by atoms with E-state index in [2.05, 4.69) is 27.8 Å². The first-order valence-electron chi connectivity index (χ1n) is 11.3. The molecule has 1 saturated carbocycles. The van der Waals surface area contributed by atoms with Gasteiger partial charge in [-0.05, 0) is 55.0 Å². The molecular formula is C24H23N5O4. The Hall–Kier alpha value is -3.64. The SMILES string of the molecule is N#Cc1cccc2c1CC(NC1CC(C3CN(c4ccc5c(n4)NC(=O)CO5)C(=O)O3)C1)C2. The highest BCUT2D eigenvalue weighted by atomic mass is 16.6. The molecule has 2 aliphatic heterocycles. The number of carbonyl (C=O) groups excluding carboxylic acids is 2. The number of benzene rings is 1. The highest BCUT2D eigenvalue weighted by Gasteiger charge is 2.44. The third-order valence-electron chi connectivity index (χ3n) is 7.05. The van der Waals surface area contributed by atoms with Gasteiger partial charge in [-0.25, -0.2) is 9.78 Å². The standard InChI is InChI=1S/C24H23N5O4/c25-10-14-3-1-2-13-6-17(9-18(13)14)26-16-7-15(8-16)20-11-29(24(31)33-20)21-5-4-19-23(27-21)28-22(30)12-32-19/h1-5,15-17,20,26H,6-9,11-12H2,(H,27,28,30). The number of hydrogen-bond acceptors (Lipinski definition) is 7. The number of hydrogen-bond donors (Lipinski definition) is 2. The van der Waals surface area contributed by atoms with Gasteiger partial charge < -0.3 is 20.1 Å². The number of ether oxygens (including phenoxy) is 2. The van der Waals surface area contributed by atoms with Crippen LogP contribution in [-0.2, 0) is 22.4 Å². The zero-order valence-electron chi connectivity index (χ0n) is 17.9. The topological polar surface area (TPSA) is 117 Å². The van der Waals surface area contributed by atoms with Gasteiger partial charge in [-0.1, -0.05) is 12.1 Å². The molecular weight excluding hydrogens is 422 g/mol. The molecule has 1 aromatic carbocycles. The summed E-state index contributed by atoms with van der Waals surface area (Å²) in [7, 11) is 0. The Kier molecular flexibility index (Phi) is 4.69. The zero-order chi connectivity index (χ0) is 22.5. The van der Waals surface area contributed by atoms with Crippen molar-refractivity contribution in [3.63, 3.8) is 0 Å². The Bertz CT molecular complexity index is 1190. The molecule has 4 aliphatic rings. The predicted octanol–water partition coefficient (Wildman–Crippen LogP) is 2.14. The van der Waals surface area contributed by atoms with Crippen molar-refractivity contribution in [3.8, 4) is 11.8 Å². The summed E-state index contributed by atoms with van der Waals surface area (Å²) in [6.07, 6.45) is 3.14. The summed E-state index contributed by atoms with van der Waals surface area (Å²) in [6.45, 7) is 0.405. The van der Waals surface area contributed by atoms with Gasteiger partial charge in [0, 0.05) is 18.0 Å². The van der Waals surface area contributed by atoms with Crippen LogP contribution in [0.4, 0.5) is 16.4 Å². The highest BCUT2D eigenvalue weighted by molar-refractivity contribution is 5.95. The van der Waals surface area contributed by atoms with Gasteiger partial charge in [-0.3, -0.25) is 9.69 Å². The second kappa shape index (κ2) is 7.74. The number of nitrogens with zero attached hydrogens (tertiary/aromatic N) is 3. The quantitative estimate of drug-likeness (QED) is 0.741. The third kappa shape index (κ3) is 3.56. The van der Waals surface area contributed by atoms with Crippen LogP contribution in [0.2, 0.25) is 0 Å². The zero-order valence-corrected chi connectivity index (χ0v) is 17.9. The number of rotatable bonds is 4. The van der Waals surface area contributed by atoms with Gasteiger partial charge in [0.05, 0.1) is 18.2 Å². The van der Waals surface area contributed by atoms with Gasteiger partial charge in [0.25, 0.3) is 5.91 Å². The van der Waals surface area contributed by atoms with E-state index in [-0.39, 0.29) is 18.6 Å².